The van der Waals surface area contributed by atoms with E-state index in [4.69, 9.17) is 0 Å². The number of carbonyl (C=O) groups is 1. The molecule has 0 N–H and O–H groups in total. The van der Waals surface area contributed by atoms with Crippen molar-refractivity contribution in [3.8, 4) is 0 Å². The number of thiophene rings is 1. The van der Waals surface area contributed by atoms with E-state index in [9.17, 15) is 9.90 Å². The molecular formula is C12H11NaO2S. The van der Waals surface area contributed by atoms with Gasteiger partial charge in [-0.25, -0.2) is 0 Å². The number of hydrogen-bond acceptors (Lipinski definition) is 3. The Bertz CT molecular complexity index is 531. The van der Waals surface area contributed by atoms with Crippen molar-refractivity contribution >= 4 is 27.4 Å². The molecule has 78 valence electrons. The van der Waals surface area contributed by atoms with Gasteiger partial charge in [-0.2, -0.15) is 0 Å². The Morgan fingerprint density at radius 2 is 2.06 bits per heavy atom. The minimum absolute atomic E-state index is 0. The Labute approximate surface area is 121 Å². The zero-order valence-corrected chi connectivity index (χ0v) is 12.5. The van der Waals surface area contributed by atoms with Crippen molar-refractivity contribution in [2.45, 2.75) is 20.3 Å². The standard InChI is InChI=1S/C12H12O2S.Na/c1-7-3-4-10-9(5-11(13)14)6-15-12(10)8(7)2;/h3-4,6H,5H2,1-2H3,(H,13,14);/q;+1/p-1. The summed E-state index contributed by atoms with van der Waals surface area (Å²) < 4.78 is 1.19. The van der Waals surface area contributed by atoms with Gasteiger partial charge >= 0.3 is 29.6 Å². The molecule has 0 spiro atoms. The van der Waals surface area contributed by atoms with Gasteiger partial charge in [0.05, 0.1) is 0 Å². The zero-order chi connectivity index (χ0) is 11.0. The fraction of sp³-hybridized carbons (Fsp3) is 0.250. The Balaban J connectivity index is 0.00000128. The molecule has 0 fully saturated rings. The minimum Gasteiger partial charge on any atom is -0.550 e. The molecule has 0 amide bonds. The normalized spacial score (nSPS) is 10.1. The van der Waals surface area contributed by atoms with E-state index in [-0.39, 0.29) is 36.0 Å². The van der Waals surface area contributed by atoms with Crippen molar-refractivity contribution in [1.29, 1.82) is 0 Å². The van der Waals surface area contributed by atoms with Crippen LogP contribution in [-0.4, -0.2) is 5.97 Å². The molecule has 0 aliphatic rings. The van der Waals surface area contributed by atoms with E-state index in [1.54, 1.807) is 11.3 Å². The van der Waals surface area contributed by atoms with E-state index in [2.05, 4.69) is 13.8 Å². The van der Waals surface area contributed by atoms with Gasteiger partial charge < -0.3 is 9.90 Å². The van der Waals surface area contributed by atoms with Gasteiger partial charge in [-0.15, -0.1) is 11.3 Å². The third kappa shape index (κ3) is 2.48. The molecule has 1 aromatic heterocycles. The molecule has 0 atom stereocenters. The summed E-state index contributed by atoms with van der Waals surface area (Å²) in [5.74, 6) is -1.02. The van der Waals surface area contributed by atoms with Crippen molar-refractivity contribution in [3.05, 3.63) is 34.2 Å². The molecule has 0 unspecified atom stereocenters. The molecule has 0 saturated carbocycles. The van der Waals surface area contributed by atoms with Crippen molar-refractivity contribution in [3.63, 3.8) is 0 Å². The topological polar surface area (TPSA) is 40.1 Å². The predicted octanol–water partition coefficient (Wildman–Crippen LogP) is -1.19. The number of benzene rings is 1. The second kappa shape index (κ2) is 5.32. The van der Waals surface area contributed by atoms with Crippen LogP contribution in [0.4, 0.5) is 0 Å². The number of hydrogen-bond donors (Lipinski definition) is 0. The molecule has 1 heterocycles. The van der Waals surface area contributed by atoms with Gasteiger partial charge in [-0.3, -0.25) is 0 Å². The average Bonchev–Trinajstić information content (AvgIpc) is 2.55. The van der Waals surface area contributed by atoms with Crippen LogP contribution in [0.25, 0.3) is 10.1 Å². The van der Waals surface area contributed by atoms with E-state index in [1.807, 2.05) is 17.5 Å². The van der Waals surface area contributed by atoms with Crippen molar-refractivity contribution in [2.75, 3.05) is 0 Å². The monoisotopic (exact) mass is 242 g/mol. The maximum Gasteiger partial charge on any atom is 1.00 e. The van der Waals surface area contributed by atoms with Gasteiger partial charge in [-0.1, -0.05) is 12.1 Å². The first-order valence-corrected chi connectivity index (χ1v) is 5.63. The third-order valence-corrected chi connectivity index (χ3v) is 3.84. The summed E-state index contributed by atoms with van der Waals surface area (Å²) in [4.78, 5) is 10.6. The van der Waals surface area contributed by atoms with Crippen LogP contribution in [0.2, 0.25) is 0 Å². The molecule has 4 heteroatoms. The van der Waals surface area contributed by atoms with E-state index < -0.39 is 5.97 Å². The Kier molecular flexibility index (Phi) is 4.56. The first-order chi connectivity index (χ1) is 7.09. The van der Waals surface area contributed by atoms with Crippen LogP contribution in [0.5, 0.6) is 0 Å². The first-order valence-electron chi connectivity index (χ1n) is 4.75. The van der Waals surface area contributed by atoms with Crippen LogP contribution >= 0.6 is 11.3 Å². The summed E-state index contributed by atoms with van der Waals surface area (Å²) in [6.45, 7) is 4.13. The van der Waals surface area contributed by atoms with Crippen LogP contribution in [0.3, 0.4) is 0 Å². The van der Waals surface area contributed by atoms with Crippen molar-refractivity contribution in [2.24, 2.45) is 0 Å². The Morgan fingerprint density at radius 1 is 1.38 bits per heavy atom. The molecule has 0 radical (unpaired) electrons. The number of rotatable bonds is 2. The molecule has 0 bridgehead atoms. The predicted molar refractivity (Wildman–Crippen MR) is 60.0 cm³/mol. The summed E-state index contributed by atoms with van der Waals surface area (Å²) >= 11 is 1.61. The van der Waals surface area contributed by atoms with Crippen molar-refractivity contribution in [1.82, 2.24) is 0 Å². The Hall–Kier alpha value is -0.350. The fourth-order valence-electron chi connectivity index (χ4n) is 1.68. The van der Waals surface area contributed by atoms with E-state index >= 15 is 0 Å². The van der Waals surface area contributed by atoms with Gasteiger partial charge in [0, 0.05) is 17.1 Å². The molecule has 2 aromatic rings. The minimum atomic E-state index is -1.02. The average molecular weight is 242 g/mol. The smallest absolute Gasteiger partial charge is 0.550 e. The largest absolute Gasteiger partial charge is 1.00 e. The summed E-state index contributed by atoms with van der Waals surface area (Å²) in [7, 11) is 0. The summed E-state index contributed by atoms with van der Waals surface area (Å²) in [6, 6.07) is 4.02. The third-order valence-electron chi connectivity index (χ3n) is 2.68. The van der Waals surface area contributed by atoms with Crippen LogP contribution in [0.15, 0.2) is 17.5 Å². The van der Waals surface area contributed by atoms with E-state index in [0.29, 0.717) is 0 Å². The quantitative estimate of drug-likeness (QED) is 0.622. The van der Waals surface area contributed by atoms with Crippen LogP contribution in [-0.2, 0) is 11.2 Å². The second-order valence-corrected chi connectivity index (χ2v) is 4.57. The zero-order valence-electron chi connectivity index (χ0n) is 9.66. The van der Waals surface area contributed by atoms with E-state index in [0.717, 1.165) is 10.9 Å². The first kappa shape index (κ1) is 13.7. The van der Waals surface area contributed by atoms with Crippen LogP contribution < -0.4 is 34.7 Å². The van der Waals surface area contributed by atoms with E-state index in [1.165, 1.54) is 15.8 Å². The molecule has 0 aliphatic heterocycles. The van der Waals surface area contributed by atoms with Gasteiger partial charge in [0.15, 0.2) is 0 Å². The van der Waals surface area contributed by atoms with Crippen LogP contribution in [0, 0.1) is 13.8 Å². The Morgan fingerprint density at radius 3 is 2.69 bits per heavy atom. The number of fused-ring (bicyclic) bond motifs is 1. The van der Waals surface area contributed by atoms with Gasteiger partial charge in [0.2, 0.25) is 0 Å². The molecule has 2 nitrogen and oxygen atoms in total. The summed E-state index contributed by atoms with van der Waals surface area (Å²) in [5, 5.41) is 13.5. The molecule has 1 aromatic carbocycles. The van der Waals surface area contributed by atoms with Gasteiger partial charge in [0.1, 0.15) is 0 Å². The number of carboxylic acid groups (broad SMARTS) is 1. The second-order valence-electron chi connectivity index (χ2n) is 3.69. The summed E-state index contributed by atoms with van der Waals surface area (Å²) in [6.07, 6.45) is 0.00248. The summed E-state index contributed by atoms with van der Waals surface area (Å²) in [5.41, 5.74) is 3.34. The maximum atomic E-state index is 10.6. The number of aryl methyl sites for hydroxylation is 2. The molecular weight excluding hydrogens is 231 g/mol. The SMILES string of the molecule is Cc1ccc2c(CC(=O)[O-])csc2c1C.[Na+]. The molecule has 16 heavy (non-hydrogen) atoms. The van der Waals surface area contributed by atoms with Crippen LogP contribution in [0.1, 0.15) is 16.7 Å². The molecule has 2 rings (SSSR count). The molecule has 0 aliphatic carbocycles. The van der Waals surface area contributed by atoms with Crippen molar-refractivity contribution < 1.29 is 39.5 Å². The fourth-order valence-corrected chi connectivity index (χ4v) is 2.82. The molecule has 0 saturated heterocycles. The number of carboxylic acids is 1. The van der Waals surface area contributed by atoms with Gasteiger partial charge in [0.25, 0.3) is 0 Å². The number of aliphatic carboxylic acids is 1. The maximum absolute atomic E-state index is 10.6. The number of carbonyl (C=O) groups excluding carboxylic acids is 1. The van der Waals surface area contributed by atoms with Gasteiger partial charge in [-0.05, 0) is 41.3 Å².